The Morgan fingerprint density at radius 1 is 1.07 bits per heavy atom. The summed E-state index contributed by atoms with van der Waals surface area (Å²) in [6, 6.07) is 0.704. The maximum absolute atomic E-state index is 3.58. The van der Waals surface area contributed by atoms with Crippen molar-refractivity contribution in [2.45, 2.75) is 52.5 Å². The summed E-state index contributed by atoms with van der Waals surface area (Å²) < 4.78 is 0. The Labute approximate surface area is 94.4 Å². The molecule has 0 radical (unpaired) electrons. The second-order valence-electron chi connectivity index (χ2n) is 4.53. The van der Waals surface area contributed by atoms with E-state index in [1.807, 2.05) is 11.8 Å². The number of nitrogens with one attached hydrogen (secondary N) is 1. The van der Waals surface area contributed by atoms with Crippen molar-refractivity contribution in [2.24, 2.45) is 5.92 Å². The summed E-state index contributed by atoms with van der Waals surface area (Å²) in [6.45, 7) is 8.09. The predicted molar refractivity (Wildman–Crippen MR) is 69.2 cm³/mol. The fourth-order valence-electron chi connectivity index (χ4n) is 1.50. The Bertz CT molecular complexity index is 115. The lowest BCUT2D eigenvalue weighted by Crippen LogP contribution is -2.27. The van der Waals surface area contributed by atoms with Gasteiger partial charge in [0, 0.05) is 6.04 Å². The molecule has 86 valence electrons. The van der Waals surface area contributed by atoms with Crippen LogP contribution in [0.2, 0.25) is 0 Å². The van der Waals surface area contributed by atoms with Gasteiger partial charge in [-0.1, -0.05) is 26.7 Å². The van der Waals surface area contributed by atoms with Gasteiger partial charge in [0.2, 0.25) is 0 Å². The van der Waals surface area contributed by atoms with E-state index in [0.717, 1.165) is 5.92 Å². The summed E-state index contributed by atoms with van der Waals surface area (Å²) in [5, 5.41) is 3.58. The first-order valence-electron chi connectivity index (χ1n) is 5.89. The first-order chi connectivity index (χ1) is 6.66. The van der Waals surface area contributed by atoms with Crippen molar-refractivity contribution in [1.29, 1.82) is 0 Å². The predicted octanol–water partition coefficient (Wildman–Crippen LogP) is 3.54. The lowest BCUT2D eigenvalue weighted by molar-refractivity contribution is 0.458. The van der Waals surface area contributed by atoms with E-state index in [-0.39, 0.29) is 0 Å². The van der Waals surface area contributed by atoms with Crippen LogP contribution in [0.15, 0.2) is 0 Å². The standard InChI is InChI=1S/C12H27NS/c1-11(2)7-5-8-12(3)13-9-6-10-14-4/h11-13H,5-10H2,1-4H3. The van der Waals surface area contributed by atoms with Gasteiger partial charge in [-0.25, -0.2) is 0 Å². The summed E-state index contributed by atoms with van der Waals surface area (Å²) >= 11 is 1.94. The van der Waals surface area contributed by atoms with E-state index in [1.165, 1.54) is 38.0 Å². The third kappa shape index (κ3) is 10.4. The van der Waals surface area contributed by atoms with E-state index in [4.69, 9.17) is 0 Å². The molecule has 0 aromatic carbocycles. The smallest absolute Gasteiger partial charge is 0.00387 e. The second kappa shape index (κ2) is 9.85. The molecule has 0 saturated heterocycles. The summed E-state index contributed by atoms with van der Waals surface area (Å²) in [4.78, 5) is 0. The third-order valence-electron chi connectivity index (χ3n) is 2.44. The highest BCUT2D eigenvalue weighted by molar-refractivity contribution is 7.98. The van der Waals surface area contributed by atoms with E-state index in [1.54, 1.807) is 0 Å². The van der Waals surface area contributed by atoms with Crippen LogP contribution in [-0.2, 0) is 0 Å². The van der Waals surface area contributed by atoms with Gasteiger partial charge >= 0.3 is 0 Å². The highest BCUT2D eigenvalue weighted by Gasteiger charge is 2.01. The zero-order chi connectivity index (χ0) is 10.8. The van der Waals surface area contributed by atoms with Crippen molar-refractivity contribution in [3.05, 3.63) is 0 Å². The molecule has 0 saturated carbocycles. The van der Waals surface area contributed by atoms with Crippen LogP contribution in [0, 0.1) is 5.92 Å². The minimum Gasteiger partial charge on any atom is -0.314 e. The number of rotatable bonds is 9. The zero-order valence-electron chi connectivity index (χ0n) is 10.3. The SMILES string of the molecule is CSCCCNC(C)CCCC(C)C. The Kier molecular flexibility index (Phi) is 10.1. The molecule has 0 heterocycles. The van der Waals surface area contributed by atoms with E-state index in [2.05, 4.69) is 32.3 Å². The molecular formula is C12H27NS. The molecule has 1 unspecified atom stereocenters. The van der Waals surface area contributed by atoms with Gasteiger partial charge < -0.3 is 5.32 Å². The van der Waals surface area contributed by atoms with Crippen molar-refractivity contribution in [2.75, 3.05) is 18.6 Å². The Balaban J connectivity index is 3.15. The molecule has 0 spiro atoms. The third-order valence-corrected chi connectivity index (χ3v) is 3.13. The molecule has 1 atom stereocenters. The van der Waals surface area contributed by atoms with Gasteiger partial charge in [-0.15, -0.1) is 0 Å². The molecule has 0 rings (SSSR count). The summed E-state index contributed by atoms with van der Waals surface area (Å²) in [7, 11) is 0. The summed E-state index contributed by atoms with van der Waals surface area (Å²) in [6.07, 6.45) is 7.55. The highest BCUT2D eigenvalue weighted by Crippen LogP contribution is 2.08. The minimum absolute atomic E-state index is 0.704. The normalized spacial score (nSPS) is 13.5. The molecule has 1 N–H and O–H groups in total. The van der Waals surface area contributed by atoms with E-state index >= 15 is 0 Å². The first kappa shape index (κ1) is 14.3. The van der Waals surface area contributed by atoms with Crippen LogP contribution in [0.25, 0.3) is 0 Å². The Morgan fingerprint density at radius 3 is 2.36 bits per heavy atom. The largest absolute Gasteiger partial charge is 0.314 e. The number of thioether (sulfide) groups is 1. The first-order valence-corrected chi connectivity index (χ1v) is 7.28. The molecule has 0 fully saturated rings. The fourth-order valence-corrected chi connectivity index (χ4v) is 1.93. The number of hydrogen-bond donors (Lipinski definition) is 1. The van der Waals surface area contributed by atoms with Gasteiger partial charge in [-0.2, -0.15) is 11.8 Å². The monoisotopic (exact) mass is 217 g/mol. The Morgan fingerprint density at radius 2 is 1.79 bits per heavy atom. The van der Waals surface area contributed by atoms with E-state index in [0.29, 0.717) is 6.04 Å². The van der Waals surface area contributed by atoms with Gasteiger partial charge in [0.1, 0.15) is 0 Å². The summed E-state index contributed by atoms with van der Waals surface area (Å²) in [5.41, 5.74) is 0. The van der Waals surface area contributed by atoms with Gasteiger partial charge in [-0.3, -0.25) is 0 Å². The molecule has 0 aliphatic rings. The van der Waals surface area contributed by atoms with Crippen LogP contribution in [0.5, 0.6) is 0 Å². The topological polar surface area (TPSA) is 12.0 Å². The van der Waals surface area contributed by atoms with Gasteiger partial charge in [0.25, 0.3) is 0 Å². The van der Waals surface area contributed by atoms with Crippen LogP contribution < -0.4 is 5.32 Å². The van der Waals surface area contributed by atoms with Crippen molar-refractivity contribution in [3.8, 4) is 0 Å². The molecule has 0 bridgehead atoms. The second-order valence-corrected chi connectivity index (χ2v) is 5.51. The molecule has 2 heteroatoms. The van der Waals surface area contributed by atoms with Gasteiger partial charge in [0.05, 0.1) is 0 Å². The van der Waals surface area contributed by atoms with Gasteiger partial charge in [0.15, 0.2) is 0 Å². The molecule has 0 aliphatic heterocycles. The van der Waals surface area contributed by atoms with Crippen molar-refractivity contribution in [3.63, 3.8) is 0 Å². The number of hydrogen-bond acceptors (Lipinski definition) is 2. The zero-order valence-corrected chi connectivity index (χ0v) is 11.1. The molecule has 0 aromatic heterocycles. The quantitative estimate of drug-likeness (QED) is 0.593. The molecular weight excluding hydrogens is 190 g/mol. The fraction of sp³-hybridized carbons (Fsp3) is 1.00. The van der Waals surface area contributed by atoms with E-state index < -0.39 is 0 Å². The van der Waals surface area contributed by atoms with Crippen LogP contribution in [0.3, 0.4) is 0 Å². The van der Waals surface area contributed by atoms with Crippen LogP contribution >= 0.6 is 11.8 Å². The van der Waals surface area contributed by atoms with Crippen molar-refractivity contribution >= 4 is 11.8 Å². The molecule has 1 nitrogen and oxygen atoms in total. The lowest BCUT2D eigenvalue weighted by Gasteiger charge is -2.14. The average molecular weight is 217 g/mol. The molecule has 0 aliphatic carbocycles. The van der Waals surface area contributed by atoms with Crippen LogP contribution in [0.1, 0.15) is 46.5 Å². The molecule has 14 heavy (non-hydrogen) atoms. The van der Waals surface area contributed by atoms with Crippen molar-refractivity contribution in [1.82, 2.24) is 5.32 Å². The van der Waals surface area contributed by atoms with Crippen LogP contribution in [0.4, 0.5) is 0 Å². The summed E-state index contributed by atoms with van der Waals surface area (Å²) in [5.74, 6) is 2.14. The molecule has 0 aromatic rings. The lowest BCUT2D eigenvalue weighted by atomic mass is 10.0. The van der Waals surface area contributed by atoms with Crippen molar-refractivity contribution < 1.29 is 0 Å². The highest BCUT2D eigenvalue weighted by atomic mass is 32.2. The maximum Gasteiger partial charge on any atom is 0.00387 e. The minimum atomic E-state index is 0.704. The van der Waals surface area contributed by atoms with Gasteiger partial charge in [-0.05, 0) is 44.2 Å². The van der Waals surface area contributed by atoms with Crippen LogP contribution in [-0.4, -0.2) is 24.6 Å². The Hall–Kier alpha value is 0.310. The van der Waals surface area contributed by atoms with E-state index in [9.17, 15) is 0 Å². The molecule has 0 amide bonds. The average Bonchev–Trinajstić information content (AvgIpc) is 2.12. The maximum atomic E-state index is 3.58.